The zero-order valence-electron chi connectivity index (χ0n) is 14.1. The fraction of sp³-hybridized carbons (Fsp3) is 0.278. The van der Waals surface area contributed by atoms with Crippen LogP contribution in [0, 0.1) is 6.92 Å². The highest BCUT2D eigenvalue weighted by Gasteiger charge is 2.35. The first kappa shape index (κ1) is 17.1. The lowest BCUT2D eigenvalue weighted by atomic mass is 10.2. The van der Waals surface area contributed by atoms with Gasteiger partial charge in [0.05, 0.1) is 16.4 Å². The van der Waals surface area contributed by atoms with Gasteiger partial charge in [0.1, 0.15) is 15.8 Å². The van der Waals surface area contributed by atoms with Gasteiger partial charge in [0.2, 0.25) is 6.10 Å². The number of halogens is 1. The summed E-state index contributed by atoms with van der Waals surface area (Å²) < 4.78 is 12.1. The molecule has 1 aliphatic rings. The number of rotatable bonds is 3. The van der Waals surface area contributed by atoms with Gasteiger partial charge < -0.3 is 9.47 Å². The van der Waals surface area contributed by atoms with Crippen molar-refractivity contribution in [3.05, 3.63) is 45.9 Å². The summed E-state index contributed by atoms with van der Waals surface area (Å²) in [5.41, 5.74) is 1.52. The van der Waals surface area contributed by atoms with Gasteiger partial charge in [-0.2, -0.15) is 5.10 Å². The minimum atomic E-state index is -0.844. The Morgan fingerprint density at radius 1 is 1.42 bits per heavy atom. The second-order valence-electron chi connectivity index (χ2n) is 6.16. The van der Waals surface area contributed by atoms with Crippen LogP contribution in [0.3, 0.4) is 0 Å². The van der Waals surface area contributed by atoms with Gasteiger partial charge in [0.25, 0.3) is 0 Å². The van der Waals surface area contributed by atoms with E-state index in [2.05, 4.69) is 5.10 Å². The molecule has 0 radical (unpaired) electrons. The van der Waals surface area contributed by atoms with Crippen LogP contribution >= 0.6 is 22.9 Å². The highest BCUT2D eigenvalue weighted by molar-refractivity contribution is 7.20. The fourth-order valence-corrected chi connectivity index (χ4v) is 4.21. The Morgan fingerprint density at radius 2 is 2.19 bits per heavy atom. The summed E-state index contributed by atoms with van der Waals surface area (Å²) in [5, 5.41) is 5.94. The van der Waals surface area contributed by atoms with E-state index in [0.717, 1.165) is 21.6 Å². The van der Waals surface area contributed by atoms with Crippen LogP contribution in [0.15, 0.2) is 30.3 Å². The molecule has 0 amide bonds. The van der Waals surface area contributed by atoms with E-state index in [4.69, 9.17) is 21.1 Å². The Morgan fingerprint density at radius 3 is 2.88 bits per heavy atom. The lowest BCUT2D eigenvalue weighted by Crippen LogP contribution is -2.22. The first-order valence-electron chi connectivity index (χ1n) is 8.09. The summed E-state index contributed by atoms with van der Waals surface area (Å²) in [6.07, 6.45) is -0.704. The van der Waals surface area contributed by atoms with Crippen LogP contribution in [-0.2, 0) is 14.3 Å². The average Bonchev–Trinajstić information content (AvgIpc) is 3.24. The zero-order valence-corrected chi connectivity index (χ0v) is 15.6. The van der Waals surface area contributed by atoms with Gasteiger partial charge in [-0.3, -0.25) is 0 Å². The number of esters is 2. The molecule has 4 rings (SSSR count). The topological polar surface area (TPSA) is 70.4 Å². The second-order valence-corrected chi connectivity index (χ2v) is 7.59. The summed E-state index contributed by atoms with van der Waals surface area (Å²) in [5.74, 6) is -1.03. The Kier molecular flexibility index (Phi) is 4.20. The van der Waals surface area contributed by atoms with Crippen molar-refractivity contribution in [3.63, 3.8) is 0 Å². The maximum Gasteiger partial charge on any atom is 0.349 e. The number of cyclic esters (lactones) is 1. The van der Waals surface area contributed by atoms with Crippen molar-refractivity contribution in [2.45, 2.75) is 32.5 Å². The average molecular weight is 391 g/mol. The smallest absolute Gasteiger partial charge is 0.349 e. The van der Waals surface area contributed by atoms with Gasteiger partial charge in [-0.15, -0.1) is 11.3 Å². The molecule has 1 aliphatic heterocycles. The summed E-state index contributed by atoms with van der Waals surface area (Å²) in [4.78, 5) is 25.4. The number of thiophene rings is 1. The van der Waals surface area contributed by atoms with Gasteiger partial charge in [0, 0.05) is 11.8 Å². The molecule has 1 saturated heterocycles. The molecule has 134 valence electrons. The molecule has 2 aromatic heterocycles. The maximum absolute atomic E-state index is 12.5. The van der Waals surface area contributed by atoms with Crippen LogP contribution in [0.4, 0.5) is 0 Å². The normalized spacial score (nSPS) is 19.7. The lowest BCUT2D eigenvalue weighted by molar-refractivity contribution is -0.147. The first-order valence-corrected chi connectivity index (χ1v) is 9.29. The van der Waals surface area contributed by atoms with Gasteiger partial charge >= 0.3 is 11.9 Å². The molecule has 8 heteroatoms. The monoisotopic (exact) mass is 390 g/mol. The van der Waals surface area contributed by atoms with E-state index in [-0.39, 0.29) is 6.10 Å². The van der Waals surface area contributed by atoms with E-state index in [0.29, 0.717) is 16.3 Å². The van der Waals surface area contributed by atoms with Gasteiger partial charge in [-0.05, 0) is 32.0 Å². The molecule has 0 unspecified atom stereocenters. The molecule has 1 fully saturated rings. The number of hydrogen-bond acceptors (Lipinski definition) is 6. The number of aromatic nitrogens is 2. The fourth-order valence-electron chi connectivity index (χ4n) is 2.94. The van der Waals surface area contributed by atoms with Gasteiger partial charge in [-0.25, -0.2) is 14.3 Å². The van der Waals surface area contributed by atoms with Crippen molar-refractivity contribution in [3.8, 4) is 5.69 Å². The van der Waals surface area contributed by atoms with Crippen molar-refractivity contribution in [1.29, 1.82) is 0 Å². The summed E-state index contributed by atoms with van der Waals surface area (Å²) in [6.45, 7) is 3.64. The number of hydrogen-bond donors (Lipinski definition) is 0. The highest BCUT2D eigenvalue weighted by atomic mass is 35.5. The number of aryl methyl sites for hydroxylation is 1. The largest absolute Gasteiger partial charge is 0.460 e. The molecule has 3 heterocycles. The minimum absolute atomic E-state index is 0.237. The number of ether oxygens (including phenoxy) is 2. The zero-order chi connectivity index (χ0) is 18.4. The van der Waals surface area contributed by atoms with Gasteiger partial charge in [-0.1, -0.05) is 23.7 Å². The number of benzene rings is 1. The molecule has 6 nitrogen and oxygen atoms in total. The van der Waals surface area contributed by atoms with Crippen molar-refractivity contribution in [2.24, 2.45) is 0 Å². The summed E-state index contributed by atoms with van der Waals surface area (Å²) >= 11 is 7.54. The van der Waals surface area contributed by atoms with E-state index in [9.17, 15) is 9.59 Å². The third kappa shape index (κ3) is 2.87. The van der Waals surface area contributed by atoms with Crippen LogP contribution in [0.1, 0.15) is 28.7 Å². The van der Waals surface area contributed by atoms with Crippen LogP contribution in [0.25, 0.3) is 15.9 Å². The third-order valence-corrected chi connectivity index (χ3v) is 5.61. The first-order chi connectivity index (χ1) is 12.4. The Hall–Kier alpha value is -2.38. The number of carbonyl (C=O) groups excluding carboxylic acids is 2. The molecule has 0 aliphatic carbocycles. The Bertz CT molecular complexity index is 1030. The van der Waals surface area contributed by atoms with Gasteiger partial charge in [0.15, 0.2) is 0 Å². The molecule has 0 saturated carbocycles. The summed E-state index contributed by atoms with van der Waals surface area (Å²) in [6, 6.07) is 9.11. The van der Waals surface area contributed by atoms with E-state index in [1.54, 1.807) is 23.7 Å². The maximum atomic E-state index is 12.5. The third-order valence-electron chi connectivity index (χ3n) is 4.20. The Balaban J connectivity index is 1.68. The number of nitrogens with zero attached hydrogens (tertiary/aromatic N) is 2. The molecular formula is C18H15ClN2O4S. The van der Waals surface area contributed by atoms with E-state index < -0.39 is 18.0 Å². The lowest BCUT2D eigenvalue weighted by Gasteiger charge is -2.07. The quantitative estimate of drug-likeness (QED) is 0.634. The molecule has 3 aromatic rings. The summed E-state index contributed by atoms with van der Waals surface area (Å²) in [7, 11) is 0. The second kappa shape index (κ2) is 6.41. The van der Waals surface area contributed by atoms with Crippen molar-refractivity contribution < 1.29 is 19.1 Å². The Labute approximate surface area is 158 Å². The highest BCUT2D eigenvalue weighted by Crippen LogP contribution is 2.33. The molecule has 0 N–H and O–H groups in total. The SMILES string of the molecule is Cc1nn(-c2ccccc2Cl)c2sc(C(=O)O[C@@H]3C[C@H](C)OC3=O)cc12. The standard InChI is InChI=1S/C18H15ClN2O4S/c1-9-7-14(17(22)24-9)25-18(23)15-8-11-10(2)20-21(16(11)26-15)13-6-4-3-5-12(13)19/h3-6,8-9,14H,7H2,1-2H3/t9-,14+/m0/s1. The van der Waals surface area contributed by atoms with Crippen molar-refractivity contribution >= 4 is 45.1 Å². The molecule has 1 aromatic carbocycles. The predicted molar refractivity (Wildman–Crippen MR) is 98.1 cm³/mol. The van der Waals surface area contributed by atoms with E-state index in [1.165, 1.54) is 11.3 Å². The molecule has 2 atom stereocenters. The van der Waals surface area contributed by atoms with Crippen LogP contribution < -0.4 is 0 Å². The van der Waals surface area contributed by atoms with E-state index in [1.807, 2.05) is 25.1 Å². The molecule has 0 spiro atoms. The molecule has 0 bridgehead atoms. The van der Waals surface area contributed by atoms with Crippen molar-refractivity contribution in [2.75, 3.05) is 0 Å². The van der Waals surface area contributed by atoms with Crippen LogP contribution in [0.2, 0.25) is 5.02 Å². The number of carbonyl (C=O) groups is 2. The van der Waals surface area contributed by atoms with E-state index >= 15 is 0 Å². The van der Waals surface area contributed by atoms with Crippen molar-refractivity contribution in [1.82, 2.24) is 9.78 Å². The predicted octanol–water partition coefficient (Wildman–Crippen LogP) is 3.91. The number of para-hydroxylation sites is 1. The molecular weight excluding hydrogens is 376 g/mol. The minimum Gasteiger partial charge on any atom is -0.460 e. The molecule has 26 heavy (non-hydrogen) atoms. The van der Waals surface area contributed by atoms with Crippen LogP contribution in [-0.4, -0.2) is 33.9 Å². The number of fused-ring (bicyclic) bond motifs is 1. The van der Waals surface area contributed by atoms with Crippen LogP contribution in [0.5, 0.6) is 0 Å².